The van der Waals surface area contributed by atoms with Gasteiger partial charge in [-0.1, -0.05) is 18.2 Å². The lowest BCUT2D eigenvalue weighted by Gasteiger charge is -2.23. The van der Waals surface area contributed by atoms with E-state index in [2.05, 4.69) is 4.98 Å². The first-order valence-corrected chi connectivity index (χ1v) is 7.71. The summed E-state index contributed by atoms with van der Waals surface area (Å²) in [6, 6.07) is 8.45. The Balaban J connectivity index is 2.00. The Labute approximate surface area is 143 Å². The molecule has 0 fully saturated rings. The highest BCUT2D eigenvalue weighted by molar-refractivity contribution is 5.89. The van der Waals surface area contributed by atoms with Gasteiger partial charge in [-0.15, -0.1) is 0 Å². The highest BCUT2D eigenvalue weighted by atomic mass is 16.6. The maximum atomic E-state index is 12.0. The number of nitrogens with zero attached hydrogens (tertiary/aromatic N) is 1. The van der Waals surface area contributed by atoms with Crippen molar-refractivity contribution in [3.8, 4) is 0 Å². The smallest absolute Gasteiger partial charge is 0.338 e. The molecule has 8 nitrogen and oxygen atoms in total. The average molecular weight is 348 g/mol. The topological polar surface area (TPSA) is 111 Å². The number of esters is 1. The summed E-state index contributed by atoms with van der Waals surface area (Å²) in [6.07, 6.45) is -0.208. The van der Waals surface area contributed by atoms with Crippen molar-refractivity contribution in [1.29, 1.82) is 0 Å². The maximum absolute atomic E-state index is 12.0. The minimum atomic E-state index is -0.827. The molecule has 2 N–H and O–H groups in total. The van der Waals surface area contributed by atoms with E-state index in [9.17, 15) is 19.5 Å². The fourth-order valence-electron chi connectivity index (χ4n) is 2.11. The SMILES string of the molecule is Cc1cn(CO[C@H](CO)[C@H](C)OC(=O)c2ccccc2)c(=O)[nH]c1=O. The lowest BCUT2D eigenvalue weighted by atomic mass is 10.2. The molecule has 0 aliphatic heterocycles. The number of H-pyrrole nitrogens is 1. The molecular formula is C17H20N2O6. The molecule has 8 heteroatoms. The number of carbonyl (C=O) groups is 1. The number of ether oxygens (including phenoxy) is 2. The van der Waals surface area contributed by atoms with Gasteiger partial charge in [-0.25, -0.2) is 9.59 Å². The Morgan fingerprint density at radius 2 is 1.96 bits per heavy atom. The molecular weight excluding hydrogens is 328 g/mol. The number of carbonyl (C=O) groups excluding carboxylic acids is 1. The van der Waals surface area contributed by atoms with E-state index in [4.69, 9.17) is 9.47 Å². The van der Waals surface area contributed by atoms with Gasteiger partial charge in [0.15, 0.2) is 0 Å². The standard InChI is InChI=1S/C17H20N2O6/c1-11-8-19(17(23)18-15(11)21)10-24-14(9-20)12(2)25-16(22)13-6-4-3-5-7-13/h3-8,12,14,20H,9-10H2,1-2H3,(H,18,21,23)/t12-,14+/m0/s1. The van der Waals surface area contributed by atoms with E-state index < -0.39 is 36.0 Å². The normalized spacial score (nSPS) is 13.2. The van der Waals surface area contributed by atoms with Crippen LogP contribution in [0.5, 0.6) is 0 Å². The molecule has 0 aliphatic rings. The summed E-state index contributed by atoms with van der Waals surface area (Å²) in [5.41, 5.74) is -0.350. The number of aromatic nitrogens is 2. The zero-order valence-corrected chi connectivity index (χ0v) is 14.0. The van der Waals surface area contributed by atoms with Crippen molar-refractivity contribution in [3.05, 3.63) is 68.5 Å². The molecule has 2 rings (SSSR count). The van der Waals surface area contributed by atoms with Crippen LogP contribution in [-0.2, 0) is 16.2 Å². The van der Waals surface area contributed by atoms with Crippen LogP contribution in [-0.4, -0.2) is 39.4 Å². The van der Waals surface area contributed by atoms with Gasteiger partial charge in [0.2, 0.25) is 0 Å². The third kappa shape index (κ3) is 4.88. The van der Waals surface area contributed by atoms with Crippen molar-refractivity contribution in [2.75, 3.05) is 6.61 Å². The number of aliphatic hydroxyl groups excluding tert-OH is 1. The van der Waals surface area contributed by atoms with Crippen LogP contribution < -0.4 is 11.2 Å². The molecule has 1 aromatic carbocycles. The third-order valence-corrected chi connectivity index (χ3v) is 3.62. The van der Waals surface area contributed by atoms with Crippen LogP contribution in [0.4, 0.5) is 0 Å². The molecule has 0 saturated carbocycles. The van der Waals surface area contributed by atoms with Crippen LogP contribution in [0, 0.1) is 6.92 Å². The van der Waals surface area contributed by atoms with E-state index in [1.165, 1.54) is 6.20 Å². The highest BCUT2D eigenvalue weighted by Crippen LogP contribution is 2.09. The van der Waals surface area contributed by atoms with Crippen molar-refractivity contribution in [1.82, 2.24) is 9.55 Å². The Morgan fingerprint density at radius 3 is 2.60 bits per heavy atom. The lowest BCUT2D eigenvalue weighted by Crippen LogP contribution is -2.37. The molecule has 25 heavy (non-hydrogen) atoms. The third-order valence-electron chi connectivity index (χ3n) is 3.62. The highest BCUT2D eigenvalue weighted by Gasteiger charge is 2.22. The van der Waals surface area contributed by atoms with E-state index in [-0.39, 0.29) is 6.73 Å². The van der Waals surface area contributed by atoms with Crippen molar-refractivity contribution in [2.45, 2.75) is 32.8 Å². The van der Waals surface area contributed by atoms with Gasteiger partial charge in [-0.2, -0.15) is 0 Å². The summed E-state index contributed by atoms with van der Waals surface area (Å²) < 4.78 is 11.9. The van der Waals surface area contributed by atoms with Gasteiger partial charge in [0.25, 0.3) is 5.56 Å². The first-order valence-electron chi connectivity index (χ1n) is 7.71. The van der Waals surface area contributed by atoms with Gasteiger partial charge >= 0.3 is 11.7 Å². The average Bonchev–Trinajstić information content (AvgIpc) is 2.60. The van der Waals surface area contributed by atoms with Crippen molar-refractivity contribution < 1.29 is 19.4 Å². The fraction of sp³-hybridized carbons (Fsp3) is 0.353. The van der Waals surface area contributed by atoms with Crippen molar-refractivity contribution in [2.24, 2.45) is 0 Å². The van der Waals surface area contributed by atoms with E-state index in [0.717, 1.165) is 4.57 Å². The number of aromatic amines is 1. The quantitative estimate of drug-likeness (QED) is 0.702. The van der Waals surface area contributed by atoms with E-state index in [1.54, 1.807) is 44.2 Å². The maximum Gasteiger partial charge on any atom is 0.338 e. The van der Waals surface area contributed by atoms with E-state index in [1.807, 2.05) is 0 Å². The number of hydrogen-bond acceptors (Lipinski definition) is 6. The second-order valence-electron chi connectivity index (χ2n) is 5.53. The van der Waals surface area contributed by atoms with Gasteiger partial charge in [-0.3, -0.25) is 14.3 Å². The summed E-state index contributed by atoms with van der Waals surface area (Å²) in [5.74, 6) is -0.535. The monoisotopic (exact) mass is 348 g/mol. The summed E-state index contributed by atoms with van der Waals surface area (Å²) in [4.78, 5) is 37.2. The van der Waals surface area contributed by atoms with Crippen molar-refractivity contribution >= 4 is 5.97 Å². The van der Waals surface area contributed by atoms with Crippen LogP contribution in [0.3, 0.4) is 0 Å². The molecule has 2 atom stereocenters. The van der Waals surface area contributed by atoms with Crippen LogP contribution >= 0.6 is 0 Å². The molecule has 0 spiro atoms. The minimum Gasteiger partial charge on any atom is -0.456 e. The first kappa shape index (κ1) is 18.6. The number of rotatable bonds is 7. The van der Waals surface area contributed by atoms with E-state index >= 15 is 0 Å². The predicted octanol–water partition coefficient (Wildman–Crippen LogP) is 0.426. The zero-order chi connectivity index (χ0) is 18.4. The van der Waals surface area contributed by atoms with Gasteiger partial charge in [0, 0.05) is 11.8 Å². The summed E-state index contributed by atoms with van der Waals surface area (Å²) in [5, 5.41) is 9.46. The lowest BCUT2D eigenvalue weighted by molar-refractivity contribution is -0.0890. The molecule has 134 valence electrons. The zero-order valence-electron chi connectivity index (χ0n) is 14.0. The Morgan fingerprint density at radius 1 is 1.28 bits per heavy atom. The number of nitrogens with one attached hydrogen (secondary N) is 1. The van der Waals surface area contributed by atoms with Gasteiger partial charge in [0.05, 0.1) is 12.2 Å². The Kier molecular flexibility index (Phi) is 6.26. The largest absolute Gasteiger partial charge is 0.456 e. The predicted molar refractivity (Wildman–Crippen MR) is 89.3 cm³/mol. The molecule has 0 bridgehead atoms. The molecule has 0 aliphatic carbocycles. The second kappa shape index (κ2) is 8.41. The summed E-state index contributed by atoms with van der Waals surface area (Å²) in [6.45, 7) is 2.54. The van der Waals surface area contributed by atoms with Gasteiger partial charge < -0.3 is 14.6 Å². The molecule has 0 saturated heterocycles. The minimum absolute atomic E-state index is 0.199. The molecule has 0 radical (unpaired) electrons. The fourth-order valence-corrected chi connectivity index (χ4v) is 2.11. The number of benzene rings is 1. The molecule has 1 heterocycles. The molecule has 0 amide bonds. The summed E-state index contributed by atoms with van der Waals surface area (Å²) in [7, 11) is 0. The van der Waals surface area contributed by atoms with Crippen LogP contribution in [0.25, 0.3) is 0 Å². The Hall–Kier alpha value is -2.71. The van der Waals surface area contributed by atoms with Gasteiger partial charge in [0.1, 0.15) is 18.9 Å². The number of hydrogen-bond donors (Lipinski definition) is 2. The van der Waals surface area contributed by atoms with Gasteiger partial charge in [-0.05, 0) is 26.0 Å². The second-order valence-corrected chi connectivity index (χ2v) is 5.53. The molecule has 2 aromatic rings. The van der Waals surface area contributed by atoms with Crippen LogP contribution in [0.1, 0.15) is 22.8 Å². The van der Waals surface area contributed by atoms with Crippen LogP contribution in [0.15, 0.2) is 46.1 Å². The number of aryl methyl sites for hydroxylation is 1. The van der Waals surface area contributed by atoms with E-state index in [0.29, 0.717) is 11.1 Å². The van der Waals surface area contributed by atoms with Crippen LogP contribution in [0.2, 0.25) is 0 Å². The van der Waals surface area contributed by atoms with Crippen molar-refractivity contribution in [3.63, 3.8) is 0 Å². The first-order chi connectivity index (χ1) is 11.9. The Bertz CT molecular complexity index is 827. The molecule has 0 unspecified atom stereocenters. The summed E-state index contributed by atoms with van der Waals surface area (Å²) >= 11 is 0. The number of aliphatic hydroxyl groups is 1. The molecule has 1 aromatic heterocycles.